The van der Waals surface area contributed by atoms with Gasteiger partial charge in [-0.2, -0.15) is 0 Å². The fraction of sp³-hybridized carbons (Fsp3) is 0.714. The zero-order valence-electron chi connectivity index (χ0n) is 11.5. The molecule has 2 N–H and O–H groups in total. The van der Waals surface area contributed by atoms with Crippen molar-refractivity contribution in [3.05, 3.63) is 17.6 Å². The maximum atomic E-state index is 5.62. The predicted octanol–water partition coefficient (Wildman–Crippen LogP) is 2.06. The molecule has 0 aliphatic carbocycles. The molecule has 1 aromatic rings. The highest BCUT2D eigenvalue weighted by Gasteiger charge is 2.22. The Kier molecular flexibility index (Phi) is 4.53. The summed E-state index contributed by atoms with van der Waals surface area (Å²) in [5.41, 5.74) is 6.69. The number of nitrogens with two attached hydrogens (primary N) is 1. The van der Waals surface area contributed by atoms with Crippen LogP contribution in [-0.2, 0) is 6.42 Å². The molecule has 2 heterocycles. The van der Waals surface area contributed by atoms with Gasteiger partial charge in [0.15, 0.2) is 0 Å². The van der Waals surface area contributed by atoms with E-state index in [1.54, 1.807) is 0 Å². The number of nitrogens with zero attached hydrogens (tertiary/aromatic N) is 3. The minimum atomic E-state index is 0.638. The van der Waals surface area contributed by atoms with Gasteiger partial charge < -0.3 is 10.6 Å². The van der Waals surface area contributed by atoms with E-state index in [0.717, 1.165) is 30.3 Å². The van der Waals surface area contributed by atoms with Gasteiger partial charge in [-0.05, 0) is 39.2 Å². The quantitative estimate of drug-likeness (QED) is 0.886. The van der Waals surface area contributed by atoms with Gasteiger partial charge in [-0.1, -0.05) is 6.92 Å². The van der Waals surface area contributed by atoms with Gasteiger partial charge >= 0.3 is 0 Å². The van der Waals surface area contributed by atoms with E-state index in [2.05, 4.69) is 27.9 Å². The Morgan fingerprint density at radius 3 is 2.94 bits per heavy atom. The molecule has 1 atom stereocenters. The van der Waals surface area contributed by atoms with Crippen LogP contribution in [0.3, 0.4) is 0 Å². The van der Waals surface area contributed by atoms with Crippen molar-refractivity contribution in [1.29, 1.82) is 0 Å². The Morgan fingerprint density at radius 2 is 2.22 bits per heavy atom. The number of anilines is 1. The molecule has 1 saturated heterocycles. The molecule has 0 radical (unpaired) electrons. The third-order valence-electron chi connectivity index (χ3n) is 3.67. The zero-order valence-corrected chi connectivity index (χ0v) is 11.5. The van der Waals surface area contributed by atoms with E-state index in [1.807, 2.05) is 6.92 Å². The standard InChI is InChI=1S/C14H24N4/c1-3-13-6-4-5-9-18(13)14-10-12(7-8-15)16-11(2)17-14/h10,13H,3-9,15H2,1-2H3. The summed E-state index contributed by atoms with van der Waals surface area (Å²) < 4.78 is 0. The van der Waals surface area contributed by atoms with Crippen LogP contribution in [0.15, 0.2) is 6.07 Å². The predicted molar refractivity (Wildman–Crippen MR) is 74.8 cm³/mol. The molecule has 0 aromatic carbocycles. The van der Waals surface area contributed by atoms with Crippen LogP contribution < -0.4 is 10.6 Å². The summed E-state index contributed by atoms with van der Waals surface area (Å²) in [4.78, 5) is 11.5. The zero-order chi connectivity index (χ0) is 13.0. The fourth-order valence-electron chi connectivity index (χ4n) is 2.76. The molecule has 1 aliphatic rings. The van der Waals surface area contributed by atoms with Crippen LogP contribution in [-0.4, -0.2) is 29.1 Å². The number of rotatable bonds is 4. The van der Waals surface area contributed by atoms with Crippen molar-refractivity contribution < 1.29 is 0 Å². The first-order chi connectivity index (χ1) is 8.74. The van der Waals surface area contributed by atoms with Gasteiger partial charge in [0, 0.05) is 30.8 Å². The lowest BCUT2D eigenvalue weighted by atomic mass is 10.00. The Labute approximate surface area is 110 Å². The highest BCUT2D eigenvalue weighted by molar-refractivity contribution is 5.41. The van der Waals surface area contributed by atoms with Gasteiger partial charge in [-0.15, -0.1) is 0 Å². The molecule has 1 aromatic heterocycles. The lowest BCUT2D eigenvalue weighted by Gasteiger charge is -2.36. The first kappa shape index (κ1) is 13.3. The summed E-state index contributed by atoms with van der Waals surface area (Å²) >= 11 is 0. The lowest BCUT2D eigenvalue weighted by molar-refractivity contribution is 0.446. The van der Waals surface area contributed by atoms with E-state index < -0.39 is 0 Å². The van der Waals surface area contributed by atoms with E-state index in [9.17, 15) is 0 Å². The molecule has 0 bridgehead atoms. The Bertz CT molecular complexity index is 391. The Hall–Kier alpha value is -1.16. The van der Waals surface area contributed by atoms with Crippen molar-refractivity contribution in [2.24, 2.45) is 5.73 Å². The normalized spacial score (nSPS) is 20.2. The highest BCUT2D eigenvalue weighted by Crippen LogP contribution is 2.25. The molecule has 1 aliphatic heterocycles. The Morgan fingerprint density at radius 1 is 1.39 bits per heavy atom. The second-order valence-electron chi connectivity index (χ2n) is 5.05. The molecular weight excluding hydrogens is 224 g/mol. The SMILES string of the molecule is CCC1CCCCN1c1cc(CCN)nc(C)n1. The van der Waals surface area contributed by atoms with Gasteiger partial charge in [0.05, 0.1) is 0 Å². The highest BCUT2D eigenvalue weighted by atomic mass is 15.2. The summed E-state index contributed by atoms with van der Waals surface area (Å²) in [7, 11) is 0. The molecule has 1 fully saturated rings. The maximum absolute atomic E-state index is 5.62. The van der Waals surface area contributed by atoms with Crippen molar-refractivity contribution in [3.8, 4) is 0 Å². The van der Waals surface area contributed by atoms with Gasteiger partial charge in [0.25, 0.3) is 0 Å². The van der Waals surface area contributed by atoms with Crippen molar-refractivity contribution in [2.75, 3.05) is 18.0 Å². The van der Waals surface area contributed by atoms with Crippen LogP contribution >= 0.6 is 0 Å². The third-order valence-corrected chi connectivity index (χ3v) is 3.67. The third kappa shape index (κ3) is 2.99. The van der Waals surface area contributed by atoms with E-state index in [1.165, 1.54) is 25.7 Å². The number of hydrogen-bond donors (Lipinski definition) is 1. The van der Waals surface area contributed by atoms with E-state index in [0.29, 0.717) is 12.6 Å². The largest absolute Gasteiger partial charge is 0.354 e. The molecule has 0 saturated carbocycles. The van der Waals surface area contributed by atoms with Gasteiger partial charge in [-0.3, -0.25) is 0 Å². The van der Waals surface area contributed by atoms with E-state index >= 15 is 0 Å². The first-order valence-corrected chi connectivity index (χ1v) is 7.06. The summed E-state index contributed by atoms with van der Waals surface area (Å²) in [5.74, 6) is 1.95. The minimum absolute atomic E-state index is 0.638. The van der Waals surface area contributed by atoms with Gasteiger partial charge in [0.2, 0.25) is 0 Å². The van der Waals surface area contributed by atoms with Crippen molar-refractivity contribution >= 4 is 5.82 Å². The molecule has 18 heavy (non-hydrogen) atoms. The van der Waals surface area contributed by atoms with Crippen molar-refractivity contribution in [2.45, 2.75) is 52.0 Å². The average Bonchev–Trinajstić information content (AvgIpc) is 2.38. The van der Waals surface area contributed by atoms with Crippen LogP contribution in [0.5, 0.6) is 0 Å². The lowest BCUT2D eigenvalue weighted by Crippen LogP contribution is -2.39. The molecule has 100 valence electrons. The molecule has 1 unspecified atom stereocenters. The average molecular weight is 248 g/mol. The van der Waals surface area contributed by atoms with Crippen LogP contribution in [0.25, 0.3) is 0 Å². The molecule has 0 spiro atoms. The monoisotopic (exact) mass is 248 g/mol. The maximum Gasteiger partial charge on any atom is 0.132 e. The first-order valence-electron chi connectivity index (χ1n) is 7.06. The number of hydrogen-bond acceptors (Lipinski definition) is 4. The van der Waals surface area contributed by atoms with Gasteiger partial charge in [-0.25, -0.2) is 9.97 Å². The second-order valence-corrected chi connectivity index (χ2v) is 5.05. The van der Waals surface area contributed by atoms with Crippen LogP contribution in [0, 0.1) is 6.92 Å². The molecule has 4 heteroatoms. The molecule has 2 rings (SSSR count). The summed E-state index contributed by atoms with van der Waals surface area (Å²) in [6.07, 6.45) is 5.92. The number of piperidine rings is 1. The van der Waals surface area contributed by atoms with E-state index in [-0.39, 0.29) is 0 Å². The summed E-state index contributed by atoms with van der Waals surface area (Å²) in [6, 6.07) is 2.76. The Balaban J connectivity index is 2.24. The van der Waals surface area contributed by atoms with Crippen molar-refractivity contribution in [3.63, 3.8) is 0 Å². The van der Waals surface area contributed by atoms with Gasteiger partial charge in [0.1, 0.15) is 11.6 Å². The number of aryl methyl sites for hydroxylation is 1. The van der Waals surface area contributed by atoms with Crippen LogP contribution in [0.2, 0.25) is 0 Å². The molecular formula is C14H24N4. The van der Waals surface area contributed by atoms with Crippen LogP contribution in [0.1, 0.15) is 44.1 Å². The van der Waals surface area contributed by atoms with Crippen molar-refractivity contribution in [1.82, 2.24) is 9.97 Å². The smallest absolute Gasteiger partial charge is 0.132 e. The number of aromatic nitrogens is 2. The molecule has 0 amide bonds. The summed E-state index contributed by atoms with van der Waals surface area (Å²) in [6.45, 7) is 6.00. The second kappa shape index (κ2) is 6.14. The minimum Gasteiger partial charge on any atom is -0.354 e. The topological polar surface area (TPSA) is 55.0 Å². The fourth-order valence-corrected chi connectivity index (χ4v) is 2.76. The summed E-state index contributed by atoms with van der Waals surface area (Å²) in [5, 5.41) is 0. The molecule has 4 nitrogen and oxygen atoms in total. The van der Waals surface area contributed by atoms with E-state index in [4.69, 9.17) is 5.73 Å². The van der Waals surface area contributed by atoms with Crippen LogP contribution in [0.4, 0.5) is 5.82 Å².